The first-order valence-electron chi connectivity index (χ1n) is 44.3. The van der Waals surface area contributed by atoms with Gasteiger partial charge in [0.1, 0.15) is 62.0 Å². The highest BCUT2D eigenvalue weighted by Gasteiger charge is 2.46. The van der Waals surface area contributed by atoms with Crippen LogP contribution in [0, 0.1) is 53.0 Å². The number of anilines is 1. The fourth-order valence-electron chi connectivity index (χ4n) is 16.0. The number of carboxylic acid groups (broad SMARTS) is 1. The summed E-state index contributed by atoms with van der Waals surface area (Å²) in [6.07, 6.45) is 11.8. The van der Waals surface area contributed by atoms with Gasteiger partial charge in [-0.3, -0.25) is 23.6 Å². The van der Waals surface area contributed by atoms with E-state index in [2.05, 4.69) is 62.6 Å². The quantitative estimate of drug-likeness (QED) is 0.0386. The maximum atomic E-state index is 14.6. The molecule has 40 heteroatoms. The number of ether oxygens (including phenoxy) is 5. The Balaban J connectivity index is 0.000000193. The van der Waals surface area contributed by atoms with E-state index in [4.69, 9.17) is 62.1 Å². The number of primary sulfonamides is 1. The molecular formula is C94H122Cl2F3N15O17S3. The van der Waals surface area contributed by atoms with Crippen molar-refractivity contribution in [2.75, 3.05) is 44.4 Å². The summed E-state index contributed by atoms with van der Waals surface area (Å²) in [5, 5.41) is 25.3. The van der Waals surface area contributed by atoms with Crippen LogP contribution in [-0.2, 0) is 59.2 Å². The lowest BCUT2D eigenvalue weighted by Crippen LogP contribution is -2.45. The summed E-state index contributed by atoms with van der Waals surface area (Å²) in [4.78, 5) is 81.1. The molecule has 32 nitrogen and oxygen atoms in total. The number of carboxylic acids is 1. The number of nitrogens with zero attached hydrogens (tertiary/aromatic N) is 12. The van der Waals surface area contributed by atoms with Crippen LogP contribution in [0.2, 0.25) is 10.3 Å². The summed E-state index contributed by atoms with van der Waals surface area (Å²) in [6.45, 7) is 40.3. The molecule has 0 spiro atoms. The van der Waals surface area contributed by atoms with Gasteiger partial charge in [0.05, 0.1) is 53.6 Å². The number of nitrogens with one attached hydrogen (secondary N) is 2. The lowest BCUT2D eigenvalue weighted by Gasteiger charge is -2.34. The summed E-state index contributed by atoms with van der Waals surface area (Å²) < 4.78 is 154. The van der Waals surface area contributed by atoms with Crippen molar-refractivity contribution in [3.8, 4) is 51.0 Å². The molecule has 6 aromatic heterocycles. The molecule has 4 aliphatic rings. The molecule has 10 heterocycles. The van der Waals surface area contributed by atoms with E-state index in [9.17, 15) is 62.4 Å². The number of fused-ring (bicyclic) bond motifs is 6. The summed E-state index contributed by atoms with van der Waals surface area (Å²) in [7, 11) is -12.3. The first kappa shape index (κ1) is 105. The zero-order valence-corrected chi connectivity index (χ0v) is 82.8. The Bertz CT molecular complexity index is 6080. The Morgan fingerprint density at radius 1 is 0.575 bits per heavy atom. The first-order valence-corrected chi connectivity index (χ1v) is 49.6. The van der Waals surface area contributed by atoms with Crippen molar-refractivity contribution in [1.29, 1.82) is 0 Å². The van der Waals surface area contributed by atoms with Crippen LogP contribution in [0.5, 0.6) is 17.2 Å². The van der Waals surface area contributed by atoms with Gasteiger partial charge in [0.25, 0.3) is 41.9 Å². The number of likely N-dealkylation sites (tertiary alicyclic amines) is 2. The summed E-state index contributed by atoms with van der Waals surface area (Å²) in [6, 6.07) is 25.6. The molecule has 0 radical (unpaired) electrons. The Kier molecular flexibility index (Phi) is 34.0. The third-order valence-corrected chi connectivity index (χ3v) is 25.9. The molecule has 4 aliphatic heterocycles. The minimum atomic E-state index is -4.32. The number of pyridine rings is 3. The number of hydrogen-bond donors (Lipinski definition) is 4. The number of amides is 4. The maximum absolute atomic E-state index is 14.6. The largest absolute Gasteiger partial charge is 0.493 e. The van der Waals surface area contributed by atoms with Crippen LogP contribution in [0.3, 0.4) is 0 Å². The van der Waals surface area contributed by atoms with Gasteiger partial charge in [0, 0.05) is 109 Å². The summed E-state index contributed by atoms with van der Waals surface area (Å²) in [5.41, 5.74) is 0.332. The lowest BCUT2D eigenvalue weighted by molar-refractivity contribution is 0.0118. The smallest absolute Gasteiger partial charge is 0.410 e. The highest BCUT2D eigenvalue weighted by atomic mass is 35.5. The van der Waals surface area contributed by atoms with Gasteiger partial charge in [0.2, 0.25) is 0 Å². The number of benzene rings is 3. The van der Waals surface area contributed by atoms with Crippen LogP contribution in [0.15, 0.2) is 143 Å². The van der Waals surface area contributed by atoms with E-state index in [0.29, 0.717) is 134 Å². The second-order valence-corrected chi connectivity index (χ2v) is 44.6. The molecule has 728 valence electrons. The van der Waals surface area contributed by atoms with E-state index >= 15 is 0 Å². The standard InChI is InChI=1S/C33H43ClFN5O6S.C28H34FN5O4S.C17H30N4O4S.C16H15ClFNO3/c1-21(2)20-45-25-16-23(15-24(35)17-25)27-11-10-26(29(34)36-27)30(41)38-47(43,44)28-12-14-39(37-28)13-8-9-22-18-33(6,7)40(19-22)31(42)46-32(3,4)5;1-18(2)17-38-22-13-20(12-21(29)14-22)24-8-7-23-26(30-24)34-16-19(15-28(34,3)4)6-5-10-33-11-9-25(31-33)39(36,37)32-27(23)35;1-16(2,3)25-15(22)21-12-13(11-17(21,4)5)7-6-9-20-10-8-14(19-20)26(18,23)24;1-9(2)8-22-12-6-10(5-11(18)7-12)14-4-3-13(16(20)21)15(17)19-14/h10-12,14-17,21-22H,8-9,13,18-20H2,1-7H3,(H,38,41);7-9,11-14,18-19H,5-6,10,15-17H2,1-4H3,(H,32,35);8,10,13H,6-7,9,11-12H2,1-5H3,(H2,18,23,24);3-7,9H,8H2,1-2H3,(H,20,21)/t22-;19-;13-;/m000./s1. The molecular weight excluding hydrogens is 1840 g/mol. The van der Waals surface area contributed by atoms with Crippen LogP contribution in [0.4, 0.5) is 28.6 Å². The van der Waals surface area contributed by atoms with Gasteiger partial charge >= 0.3 is 18.2 Å². The van der Waals surface area contributed by atoms with E-state index in [0.717, 1.165) is 51.4 Å². The average molecular weight is 1960 g/mol. The zero-order chi connectivity index (χ0) is 98.7. The van der Waals surface area contributed by atoms with E-state index in [1.165, 1.54) is 89.7 Å². The minimum Gasteiger partial charge on any atom is -0.493 e. The van der Waals surface area contributed by atoms with Crippen LogP contribution >= 0.6 is 23.2 Å². The topological polar surface area (TPSA) is 406 Å². The van der Waals surface area contributed by atoms with Gasteiger partial charge in [0.15, 0.2) is 15.1 Å². The van der Waals surface area contributed by atoms with Crippen molar-refractivity contribution >= 4 is 89.1 Å². The monoisotopic (exact) mass is 1960 g/mol. The zero-order valence-electron chi connectivity index (χ0n) is 78.9. The van der Waals surface area contributed by atoms with Crippen LogP contribution in [0.1, 0.15) is 213 Å². The molecule has 4 amide bonds. The Morgan fingerprint density at radius 2 is 1.01 bits per heavy atom. The van der Waals surface area contributed by atoms with Crippen molar-refractivity contribution in [3.63, 3.8) is 0 Å². The summed E-state index contributed by atoms with van der Waals surface area (Å²) in [5.74, 6) is -1.09. The van der Waals surface area contributed by atoms with Gasteiger partial charge in [-0.1, -0.05) is 64.7 Å². The molecule has 4 bridgehead atoms. The molecule has 3 atom stereocenters. The van der Waals surface area contributed by atoms with Crippen molar-refractivity contribution in [3.05, 3.63) is 172 Å². The van der Waals surface area contributed by atoms with Gasteiger partial charge in [-0.2, -0.15) is 32.1 Å². The minimum absolute atomic E-state index is 0.0990. The molecule has 5 N–H and O–H groups in total. The molecule has 134 heavy (non-hydrogen) atoms. The molecule has 0 saturated carbocycles. The normalized spacial score (nSPS) is 17.4. The van der Waals surface area contributed by atoms with Crippen molar-refractivity contribution in [1.82, 2.24) is 63.5 Å². The molecule has 13 rings (SSSR count). The van der Waals surface area contributed by atoms with Gasteiger partial charge < -0.3 is 43.5 Å². The fraction of sp³-hybridized carbons (Fsp3) is 0.500. The molecule has 3 saturated heterocycles. The number of aromatic carboxylic acids is 1. The van der Waals surface area contributed by atoms with Crippen LogP contribution in [0.25, 0.3) is 33.8 Å². The number of sulfonamides is 3. The highest BCUT2D eigenvalue weighted by Crippen LogP contribution is 2.43. The van der Waals surface area contributed by atoms with E-state index < -0.39 is 76.5 Å². The van der Waals surface area contributed by atoms with Crippen molar-refractivity contribution in [2.24, 2.45) is 40.6 Å². The third-order valence-electron chi connectivity index (χ3n) is 22.0. The Hall–Kier alpha value is -10.9. The highest BCUT2D eigenvalue weighted by molar-refractivity contribution is 7.90. The third kappa shape index (κ3) is 29.5. The SMILES string of the molecule is CC(C)(C)OC(=O)N1C[C@@H](CCCn2ccc(S(N)(=O)=O)n2)CC1(C)C.CC(C)COc1cc(F)cc(-c2ccc(C(=O)NS(=O)(=O)c3ccn(CCC[C@@H]4CN(C(=O)OC(C)(C)C)C(C)(C)C4)n3)c(Cl)n2)c1.CC(C)COc1cc(F)cc(-c2ccc(C(=O)O)c(Cl)n2)c1.CC(C)COc1cc(F)cc(-c2ccc3c(n2)N2C[C@@H](CCCn4ccc(n4)S(=O)(=O)NC3=O)CC2(C)C)c1. The average Bonchev–Trinajstić information content (AvgIpc) is 1.57. The Labute approximate surface area is 792 Å². The number of rotatable bonds is 25. The number of halogens is 5. The second kappa shape index (κ2) is 43.4. The molecule has 3 fully saturated rings. The number of aryl methyl sites for hydroxylation is 3. The number of carbonyl (C=O) groups excluding carboxylic acids is 4. The van der Waals surface area contributed by atoms with Crippen LogP contribution < -0.4 is 33.7 Å². The van der Waals surface area contributed by atoms with Crippen molar-refractivity contribution < 1.29 is 91.2 Å². The molecule has 0 aliphatic carbocycles. The molecule has 9 aromatic rings. The fourth-order valence-corrected chi connectivity index (χ4v) is 18.8. The number of carbonyl (C=O) groups is 5. The molecule has 0 unspecified atom stereocenters. The van der Waals surface area contributed by atoms with E-state index in [1.807, 2.05) is 107 Å². The van der Waals surface area contributed by atoms with Crippen LogP contribution in [-0.4, -0.2) is 182 Å². The van der Waals surface area contributed by atoms with Gasteiger partial charge in [-0.05, 0) is 267 Å². The number of hydrogen-bond acceptors (Lipinski definition) is 23. The first-order chi connectivity index (χ1) is 62.4. The van der Waals surface area contributed by atoms with Gasteiger partial charge in [-0.25, -0.2) is 65.5 Å². The van der Waals surface area contributed by atoms with Gasteiger partial charge in [-0.15, -0.1) is 0 Å². The second-order valence-electron chi connectivity index (χ2n) is 39.1. The number of nitrogens with two attached hydrogens (primary N) is 1. The number of aromatic nitrogens is 9. The van der Waals surface area contributed by atoms with Crippen molar-refractivity contribution in [2.45, 2.75) is 245 Å². The Morgan fingerprint density at radius 3 is 1.43 bits per heavy atom. The lowest BCUT2D eigenvalue weighted by atomic mass is 9.93. The maximum Gasteiger partial charge on any atom is 0.410 e. The predicted octanol–water partition coefficient (Wildman–Crippen LogP) is 18.0. The summed E-state index contributed by atoms with van der Waals surface area (Å²) >= 11 is 12.1. The predicted molar refractivity (Wildman–Crippen MR) is 502 cm³/mol. The molecule has 3 aromatic carbocycles. The van der Waals surface area contributed by atoms with E-state index in [1.54, 1.807) is 57.0 Å². The van der Waals surface area contributed by atoms with E-state index in [-0.39, 0.29) is 94.3 Å².